The van der Waals surface area contributed by atoms with Crippen molar-refractivity contribution < 1.29 is 46.0 Å². The van der Waals surface area contributed by atoms with Crippen molar-refractivity contribution in [3.8, 4) is 11.6 Å². The van der Waals surface area contributed by atoms with Gasteiger partial charge in [0.25, 0.3) is 5.91 Å². The Labute approximate surface area is 316 Å². The third-order valence-electron chi connectivity index (χ3n) is 11.0. The molecule has 3 saturated carbocycles. The lowest BCUT2D eigenvalue weighted by molar-refractivity contribution is -0.144. The number of ether oxygens (including phenoxy) is 3. The number of hydrogen-bond acceptors (Lipinski definition) is 11. The molecule has 6 rings (SSSR count). The van der Waals surface area contributed by atoms with E-state index in [4.69, 9.17) is 18.4 Å². The Morgan fingerprint density at radius 1 is 1.06 bits per heavy atom. The molecule has 3 N–H and O–H groups in total. The largest absolute Gasteiger partial charge is 0.497 e. The molecule has 3 aliphatic carbocycles. The highest BCUT2D eigenvalue weighted by Gasteiger charge is 2.62. The number of carbonyl (C=O) groups excluding carboxylic acids is 4. The van der Waals surface area contributed by atoms with E-state index in [9.17, 15) is 27.6 Å². The van der Waals surface area contributed by atoms with Crippen molar-refractivity contribution in [1.29, 1.82) is 0 Å². The summed E-state index contributed by atoms with van der Waals surface area (Å²) < 4.78 is 49.7. The number of pyridine rings is 1. The fourth-order valence-corrected chi connectivity index (χ4v) is 8.85. The zero-order valence-corrected chi connectivity index (χ0v) is 32.8. The molecule has 54 heavy (non-hydrogen) atoms. The molecular weight excluding hydrogens is 719 g/mol. The molecule has 1 aromatic heterocycles. The summed E-state index contributed by atoms with van der Waals surface area (Å²) in [7, 11) is -2.82. The Morgan fingerprint density at radius 3 is 2.41 bits per heavy atom. The van der Waals surface area contributed by atoms with Crippen LogP contribution < -0.4 is 24.8 Å². The lowest BCUT2D eigenvalue weighted by Crippen LogP contribution is -2.61. The molecule has 5 atom stereocenters. The van der Waals surface area contributed by atoms with Crippen LogP contribution >= 0.6 is 0 Å². The van der Waals surface area contributed by atoms with E-state index < -0.39 is 75.0 Å². The average molecular weight is 772 g/mol. The van der Waals surface area contributed by atoms with Crippen molar-refractivity contribution in [3.05, 3.63) is 30.5 Å². The van der Waals surface area contributed by atoms with Crippen LogP contribution in [-0.4, -0.2) is 91.2 Å². The van der Waals surface area contributed by atoms with E-state index in [1.54, 1.807) is 40.1 Å². The monoisotopic (exact) mass is 771 g/mol. The van der Waals surface area contributed by atoms with Crippen LogP contribution in [0.3, 0.4) is 0 Å². The zero-order valence-electron chi connectivity index (χ0n) is 31.9. The van der Waals surface area contributed by atoms with Crippen LogP contribution in [0.4, 0.5) is 4.79 Å². The lowest BCUT2D eigenvalue weighted by Gasteiger charge is -2.42. The second-order valence-corrected chi connectivity index (χ2v) is 17.7. The first-order valence-electron chi connectivity index (χ1n) is 18.9. The van der Waals surface area contributed by atoms with Gasteiger partial charge in [-0.15, -0.1) is 0 Å². The number of carbonyl (C=O) groups is 4. The number of aromatic nitrogens is 1. The summed E-state index contributed by atoms with van der Waals surface area (Å²) in [5.74, 6) is -1.38. The minimum atomic E-state index is -4.39. The first-order valence-corrected chi connectivity index (χ1v) is 20.3. The summed E-state index contributed by atoms with van der Waals surface area (Å²) in [5, 5.41) is 7.24. The molecule has 1 aliphatic heterocycles. The Kier molecular flexibility index (Phi) is 11.1. The van der Waals surface area contributed by atoms with Crippen molar-refractivity contribution in [3.63, 3.8) is 0 Å². The van der Waals surface area contributed by atoms with Gasteiger partial charge in [0, 0.05) is 18.0 Å². The van der Waals surface area contributed by atoms with Crippen molar-refractivity contribution in [1.82, 2.24) is 25.2 Å². The highest BCUT2D eigenvalue weighted by Crippen LogP contribution is 2.47. The third kappa shape index (κ3) is 8.85. The van der Waals surface area contributed by atoms with E-state index in [-0.39, 0.29) is 25.3 Å². The molecular formula is C38H53N5O10S. The summed E-state index contributed by atoms with van der Waals surface area (Å²) in [6.45, 7) is 9.02. The van der Waals surface area contributed by atoms with Crippen molar-refractivity contribution >= 4 is 44.9 Å². The van der Waals surface area contributed by atoms with Crippen LogP contribution in [0.2, 0.25) is 0 Å². The number of nitrogens with zero attached hydrogens (tertiary/aromatic N) is 2. The standard InChI is InChI=1S/C38H53N5O10S/c1-7-24-21-38(24,34(46)42-54(48,49)53-25-11-12-25)41-31(44)29-20-27(51-32-28-14-13-26(50-6)19-23(28)15-18-39-32)22-43(29)33(45)30(37(5)16-9-8-10-17-37)40-35(47)52-36(2,3)4/h13-15,18-19,24-25,27,29-30H,7-12,16-17,20-22H2,1-6H3,(H,40,47)(H,41,44)(H,42,46)/t24-,27-,29+,30-,38-/m1/s1. The van der Waals surface area contributed by atoms with Crippen molar-refractivity contribution in [2.45, 2.75) is 134 Å². The van der Waals surface area contributed by atoms with Crippen LogP contribution in [0, 0.1) is 11.3 Å². The van der Waals surface area contributed by atoms with Crippen molar-refractivity contribution in [2.24, 2.45) is 11.3 Å². The smallest absolute Gasteiger partial charge is 0.408 e. The Morgan fingerprint density at radius 2 is 1.78 bits per heavy atom. The molecule has 0 bridgehead atoms. The average Bonchev–Trinajstić information content (AvgIpc) is 4.02. The molecule has 4 amide bonds. The van der Waals surface area contributed by atoms with Gasteiger partial charge in [-0.05, 0) is 93.9 Å². The zero-order chi connectivity index (χ0) is 39.1. The minimum absolute atomic E-state index is 0.0201. The summed E-state index contributed by atoms with van der Waals surface area (Å²) in [5.41, 5.74) is -2.97. The number of likely N-dealkylation sites (tertiary alicyclic amines) is 1. The number of benzene rings is 1. The van der Waals surface area contributed by atoms with E-state index in [1.807, 2.05) is 36.8 Å². The van der Waals surface area contributed by atoms with Crippen LogP contribution in [0.1, 0.15) is 98.8 Å². The predicted molar refractivity (Wildman–Crippen MR) is 198 cm³/mol. The molecule has 2 heterocycles. The maximum atomic E-state index is 14.9. The molecule has 4 fully saturated rings. The second-order valence-electron chi connectivity index (χ2n) is 16.4. The Balaban J connectivity index is 1.30. The number of nitrogens with one attached hydrogen (secondary N) is 3. The first-order chi connectivity index (χ1) is 25.5. The number of alkyl carbamates (subject to hydrolysis) is 1. The topological polar surface area (TPSA) is 192 Å². The van der Waals surface area contributed by atoms with Gasteiger partial charge in [0.2, 0.25) is 17.7 Å². The summed E-state index contributed by atoms with van der Waals surface area (Å²) >= 11 is 0. The van der Waals surface area contributed by atoms with E-state index in [2.05, 4.69) is 15.6 Å². The van der Waals surface area contributed by atoms with Gasteiger partial charge < -0.3 is 29.7 Å². The molecule has 16 heteroatoms. The number of methoxy groups -OCH3 is 1. The van der Waals surface area contributed by atoms with E-state index >= 15 is 0 Å². The second kappa shape index (κ2) is 15.2. The number of amides is 4. The van der Waals surface area contributed by atoms with Gasteiger partial charge in [-0.2, -0.15) is 8.42 Å². The quantitative estimate of drug-likeness (QED) is 0.264. The molecule has 2 aromatic rings. The Bertz CT molecular complexity index is 1870. The van der Waals surface area contributed by atoms with Gasteiger partial charge in [-0.25, -0.2) is 14.5 Å². The number of fused-ring (bicyclic) bond motifs is 1. The first kappa shape index (κ1) is 39.5. The van der Waals surface area contributed by atoms with Gasteiger partial charge in [-0.1, -0.05) is 39.5 Å². The molecule has 0 radical (unpaired) electrons. The molecule has 1 aromatic carbocycles. The predicted octanol–water partition coefficient (Wildman–Crippen LogP) is 4.28. The lowest BCUT2D eigenvalue weighted by atomic mass is 9.70. The molecule has 4 aliphatic rings. The minimum Gasteiger partial charge on any atom is -0.497 e. The molecule has 0 spiro atoms. The van der Waals surface area contributed by atoms with E-state index in [0.717, 1.165) is 24.6 Å². The summed E-state index contributed by atoms with van der Waals surface area (Å²) in [6.07, 6.45) is 5.67. The molecule has 15 nitrogen and oxygen atoms in total. The van der Waals surface area contributed by atoms with Gasteiger partial charge >= 0.3 is 16.4 Å². The molecule has 0 unspecified atom stereocenters. The van der Waals surface area contributed by atoms with Gasteiger partial charge in [-0.3, -0.25) is 18.6 Å². The Hall–Kier alpha value is -4.18. The highest BCUT2D eigenvalue weighted by atomic mass is 32.2. The highest BCUT2D eigenvalue weighted by molar-refractivity contribution is 7.85. The number of hydrogen-bond donors (Lipinski definition) is 3. The van der Waals surface area contributed by atoms with Gasteiger partial charge in [0.1, 0.15) is 35.1 Å². The van der Waals surface area contributed by atoms with Crippen LogP contribution in [0.25, 0.3) is 10.8 Å². The van der Waals surface area contributed by atoms with Crippen molar-refractivity contribution in [2.75, 3.05) is 13.7 Å². The van der Waals surface area contributed by atoms with Gasteiger partial charge in [0.05, 0.1) is 19.8 Å². The van der Waals surface area contributed by atoms with Crippen LogP contribution in [0.15, 0.2) is 30.5 Å². The third-order valence-corrected chi connectivity index (χ3v) is 12.0. The van der Waals surface area contributed by atoms with Gasteiger partial charge in [0.15, 0.2) is 0 Å². The van der Waals surface area contributed by atoms with Crippen LogP contribution in [-0.2, 0) is 33.6 Å². The number of rotatable bonds is 13. The maximum absolute atomic E-state index is 14.9. The summed E-state index contributed by atoms with van der Waals surface area (Å²) in [4.78, 5) is 62.1. The van der Waals surface area contributed by atoms with E-state index in [0.29, 0.717) is 49.1 Å². The fraction of sp³-hybridized carbons (Fsp3) is 0.658. The summed E-state index contributed by atoms with van der Waals surface area (Å²) in [6, 6.07) is 5.12. The maximum Gasteiger partial charge on any atom is 0.408 e. The fourth-order valence-electron chi connectivity index (χ4n) is 7.84. The normalized spacial score (nSPS) is 25.7. The molecule has 1 saturated heterocycles. The van der Waals surface area contributed by atoms with E-state index in [1.165, 1.54) is 4.90 Å². The molecule has 296 valence electrons. The van der Waals surface area contributed by atoms with Crippen LogP contribution in [0.5, 0.6) is 11.6 Å². The SMILES string of the molecule is CC[C@@H]1C[C@]1(NC(=O)[C@@H]1C[C@@H](Oc2nccc3cc(OC)ccc23)CN1C(=O)[C@@H](NC(=O)OC(C)(C)C)C1(C)CCCCC1)C(=O)NS(=O)(=O)OC1CC1.